The molecule has 0 bridgehead atoms. The van der Waals surface area contributed by atoms with Gasteiger partial charge in [-0.25, -0.2) is 18.4 Å². The van der Waals surface area contributed by atoms with Crippen LogP contribution in [-0.2, 0) is 16.4 Å². The van der Waals surface area contributed by atoms with E-state index in [2.05, 4.69) is 20.3 Å². The number of sulfone groups is 1. The number of amides is 1. The van der Waals surface area contributed by atoms with E-state index >= 15 is 0 Å². The molecule has 1 amide bonds. The van der Waals surface area contributed by atoms with Crippen LogP contribution in [0, 0.1) is 0 Å². The summed E-state index contributed by atoms with van der Waals surface area (Å²) in [6, 6.07) is 7.71. The number of carbonyl (C=O) groups excluding carboxylic acids is 1. The molecule has 4 rings (SSSR count). The highest BCUT2D eigenvalue weighted by Crippen LogP contribution is 2.23. The van der Waals surface area contributed by atoms with Gasteiger partial charge in [-0.3, -0.25) is 14.2 Å². The summed E-state index contributed by atoms with van der Waals surface area (Å²) >= 11 is 0. The lowest BCUT2D eigenvalue weighted by Gasteiger charge is -2.08. The smallest absolute Gasteiger partial charge is 0.254 e. The number of aromatic nitrogens is 4. The van der Waals surface area contributed by atoms with Gasteiger partial charge in [-0.1, -0.05) is 12.1 Å². The Hall–Kier alpha value is -3.79. The summed E-state index contributed by atoms with van der Waals surface area (Å²) in [4.78, 5) is 24.6. The van der Waals surface area contributed by atoms with Gasteiger partial charge in [0.15, 0.2) is 0 Å². The SMILES string of the molecule is COc1cncc(S(=O)(=O)c2ccc(CNC(=O)c3cnc4nccn4c3)cc2)c1. The molecule has 9 nitrogen and oxygen atoms in total. The quantitative estimate of drug-likeness (QED) is 0.503. The van der Waals surface area contributed by atoms with E-state index in [-0.39, 0.29) is 22.2 Å². The minimum atomic E-state index is -3.72. The van der Waals surface area contributed by atoms with Crippen LogP contribution < -0.4 is 10.1 Å². The Balaban J connectivity index is 1.46. The predicted molar refractivity (Wildman–Crippen MR) is 107 cm³/mol. The molecule has 0 saturated carbocycles. The number of pyridine rings is 1. The normalized spacial score (nSPS) is 11.4. The van der Waals surface area contributed by atoms with Crippen LogP contribution in [0.15, 0.2) is 77.3 Å². The minimum Gasteiger partial charge on any atom is -0.495 e. The van der Waals surface area contributed by atoms with E-state index in [1.54, 1.807) is 35.1 Å². The zero-order valence-corrected chi connectivity index (χ0v) is 16.7. The summed E-state index contributed by atoms with van der Waals surface area (Å²) in [6.07, 6.45) is 9.11. The van der Waals surface area contributed by atoms with Crippen LogP contribution in [0.5, 0.6) is 5.75 Å². The molecule has 3 aromatic heterocycles. The molecular weight excluding hydrogens is 406 g/mol. The van der Waals surface area contributed by atoms with E-state index in [0.29, 0.717) is 17.1 Å². The molecule has 30 heavy (non-hydrogen) atoms. The minimum absolute atomic E-state index is 0.0466. The van der Waals surface area contributed by atoms with Crippen molar-refractivity contribution in [1.82, 2.24) is 24.7 Å². The fourth-order valence-corrected chi connectivity index (χ4v) is 4.04. The molecule has 10 heteroatoms. The lowest BCUT2D eigenvalue weighted by molar-refractivity contribution is 0.0950. The van der Waals surface area contributed by atoms with Crippen molar-refractivity contribution in [1.29, 1.82) is 0 Å². The zero-order chi connectivity index (χ0) is 21.1. The van der Waals surface area contributed by atoms with Crippen molar-refractivity contribution >= 4 is 21.5 Å². The summed E-state index contributed by atoms with van der Waals surface area (Å²) in [5.41, 5.74) is 1.15. The molecule has 0 aliphatic heterocycles. The number of imidazole rings is 1. The Kier molecular flexibility index (Phi) is 5.15. The molecule has 1 aromatic carbocycles. The molecule has 0 fully saturated rings. The summed E-state index contributed by atoms with van der Waals surface area (Å²) in [5, 5.41) is 2.79. The highest BCUT2D eigenvalue weighted by atomic mass is 32.2. The first-order chi connectivity index (χ1) is 14.5. The molecule has 1 N–H and O–H groups in total. The first kappa shape index (κ1) is 19.5. The molecule has 0 radical (unpaired) electrons. The molecule has 0 saturated heterocycles. The van der Waals surface area contributed by atoms with Crippen LogP contribution in [0.3, 0.4) is 0 Å². The number of rotatable bonds is 6. The first-order valence-electron chi connectivity index (χ1n) is 8.87. The van der Waals surface area contributed by atoms with Gasteiger partial charge in [0, 0.05) is 43.6 Å². The van der Waals surface area contributed by atoms with Gasteiger partial charge in [0.2, 0.25) is 15.6 Å². The van der Waals surface area contributed by atoms with Crippen LogP contribution in [0.1, 0.15) is 15.9 Å². The lowest BCUT2D eigenvalue weighted by Crippen LogP contribution is -2.23. The molecule has 152 valence electrons. The van der Waals surface area contributed by atoms with E-state index in [1.807, 2.05) is 0 Å². The highest BCUT2D eigenvalue weighted by molar-refractivity contribution is 7.91. The molecule has 0 unspecified atom stereocenters. The summed E-state index contributed by atoms with van der Waals surface area (Å²) in [7, 11) is -2.28. The summed E-state index contributed by atoms with van der Waals surface area (Å²) in [6.45, 7) is 0.238. The number of hydrogen-bond donors (Lipinski definition) is 1. The average Bonchev–Trinajstić information content (AvgIpc) is 3.25. The van der Waals surface area contributed by atoms with Gasteiger partial charge in [-0.05, 0) is 17.7 Å². The number of hydrogen-bond acceptors (Lipinski definition) is 7. The van der Waals surface area contributed by atoms with Crippen LogP contribution in [0.4, 0.5) is 0 Å². The molecular formula is C20H17N5O4S. The third-order valence-corrected chi connectivity index (χ3v) is 6.17. The largest absolute Gasteiger partial charge is 0.495 e. The van der Waals surface area contributed by atoms with Crippen molar-refractivity contribution in [2.45, 2.75) is 16.3 Å². The van der Waals surface area contributed by atoms with Crippen LogP contribution in [-0.4, -0.2) is 40.8 Å². The number of benzene rings is 1. The molecule has 0 aliphatic carbocycles. The van der Waals surface area contributed by atoms with Gasteiger partial charge in [0.25, 0.3) is 5.91 Å². The van der Waals surface area contributed by atoms with Gasteiger partial charge in [0.1, 0.15) is 5.75 Å². The molecule has 4 aromatic rings. The molecule has 0 aliphatic rings. The molecule has 3 heterocycles. The monoisotopic (exact) mass is 423 g/mol. The summed E-state index contributed by atoms with van der Waals surface area (Å²) in [5.74, 6) is 0.575. The second kappa shape index (κ2) is 7.91. The fraction of sp³-hybridized carbons (Fsp3) is 0.100. The van der Waals surface area contributed by atoms with E-state index in [9.17, 15) is 13.2 Å². The Morgan fingerprint density at radius 1 is 1.10 bits per heavy atom. The topological polar surface area (TPSA) is 116 Å². The number of nitrogens with zero attached hydrogens (tertiary/aromatic N) is 4. The van der Waals surface area contributed by atoms with Crippen molar-refractivity contribution in [3.63, 3.8) is 0 Å². The van der Waals surface area contributed by atoms with Gasteiger partial charge in [-0.2, -0.15) is 0 Å². The number of fused-ring (bicyclic) bond motifs is 1. The van der Waals surface area contributed by atoms with Gasteiger partial charge < -0.3 is 10.1 Å². The Labute approximate surface area is 172 Å². The molecule has 0 atom stereocenters. The van der Waals surface area contributed by atoms with Gasteiger partial charge >= 0.3 is 0 Å². The Bertz CT molecular complexity index is 1320. The van der Waals surface area contributed by atoms with E-state index in [1.165, 1.54) is 43.9 Å². The highest BCUT2D eigenvalue weighted by Gasteiger charge is 2.19. The third-order valence-electron chi connectivity index (χ3n) is 4.43. The maximum atomic E-state index is 12.8. The van der Waals surface area contributed by atoms with E-state index in [0.717, 1.165) is 5.56 Å². The van der Waals surface area contributed by atoms with Crippen LogP contribution in [0.25, 0.3) is 5.78 Å². The van der Waals surface area contributed by atoms with Crippen molar-refractivity contribution in [3.05, 3.63) is 78.6 Å². The van der Waals surface area contributed by atoms with Crippen molar-refractivity contribution < 1.29 is 17.9 Å². The van der Waals surface area contributed by atoms with E-state index in [4.69, 9.17) is 4.74 Å². The van der Waals surface area contributed by atoms with Gasteiger partial charge in [-0.15, -0.1) is 0 Å². The number of nitrogens with one attached hydrogen (secondary N) is 1. The predicted octanol–water partition coefficient (Wildman–Crippen LogP) is 1.90. The first-order valence-corrected chi connectivity index (χ1v) is 10.4. The standard InChI is InChI=1S/C20H17N5O4S/c1-29-16-8-18(12-21-11-16)30(27,28)17-4-2-14(3-5-17)9-23-19(26)15-10-24-20-22-6-7-25(20)13-15/h2-8,10-13H,9H2,1H3,(H,23,26). The fourth-order valence-electron chi connectivity index (χ4n) is 2.80. The zero-order valence-electron chi connectivity index (χ0n) is 15.9. The Morgan fingerprint density at radius 2 is 1.90 bits per heavy atom. The number of carbonyl (C=O) groups is 1. The van der Waals surface area contributed by atoms with Crippen LogP contribution >= 0.6 is 0 Å². The van der Waals surface area contributed by atoms with E-state index < -0.39 is 9.84 Å². The third kappa shape index (κ3) is 3.85. The summed E-state index contributed by atoms with van der Waals surface area (Å²) < 4.78 is 32.2. The van der Waals surface area contributed by atoms with Gasteiger partial charge in [0.05, 0.1) is 28.7 Å². The van der Waals surface area contributed by atoms with Crippen LogP contribution in [0.2, 0.25) is 0 Å². The second-order valence-electron chi connectivity index (χ2n) is 6.37. The van der Waals surface area contributed by atoms with Crippen molar-refractivity contribution in [2.24, 2.45) is 0 Å². The number of methoxy groups -OCH3 is 1. The maximum absolute atomic E-state index is 12.8. The van der Waals surface area contributed by atoms with Crippen molar-refractivity contribution in [2.75, 3.05) is 7.11 Å². The molecule has 0 spiro atoms. The van der Waals surface area contributed by atoms with Crippen molar-refractivity contribution in [3.8, 4) is 5.75 Å². The lowest BCUT2D eigenvalue weighted by atomic mass is 10.2. The number of ether oxygens (including phenoxy) is 1. The average molecular weight is 423 g/mol. The maximum Gasteiger partial charge on any atom is 0.254 e. The second-order valence-corrected chi connectivity index (χ2v) is 8.32. The Morgan fingerprint density at radius 3 is 2.67 bits per heavy atom.